The number of hydrogen-bond acceptors (Lipinski definition) is 2. The summed E-state index contributed by atoms with van der Waals surface area (Å²) in [4.78, 5) is 10.6. The summed E-state index contributed by atoms with van der Waals surface area (Å²) in [6.07, 6.45) is 2.21. The molecule has 0 aromatic rings. The lowest BCUT2D eigenvalue weighted by molar-refractivity contribution is -0.146. The van der Waals surface area contributed by atoms with Crippen LogP contribution in [0.2, 0.25) is 0 Å². The minimum atomic E-state index is -0.146. The number of rotatable bonds is 3. The Bertz CT molecular complexity index is 86.9. The maximum absolute atomic E-state index is 10.6. The molecule has 9 heavy (non-hydrogen) atoms. The first-order valence-electron chi connectivity index (χ1n) is 3.14. The molecule has 0 saturated heterocycles. The maximum Gasteiger partial charge on any atom is 0.306 e. The van der Waals surface area contributed by atoms with Crippen molar-refractivity contribution in [2.45, 2.75) is 33.3 Å². The molecule has 0 saturated carbocycles. The Labute approximate surface area is 56.2 Å². The van der Waals surface area contributed by atoms with Gasteiger partial charge in [0.1, 0.15) is 0 Å². The molecule has 0 aromatic heterocycles. The van der Waals surface area contributed by atoms with E-state index in [1.165, 1.54) is 0 Å². The molecule has 0 fully saturated rings. The molecule has 0 aliphatic heterocycles. The molecule has 2 nitrogen and oxygen atoms in total. The zero-order valence-electron chi connectivity index (χ0n) is 6.18. The zero-order valence-corrected chi connectivity index (χ0v) is 6.18. The van der Waals surface area contributed by atoms with Gasteiger partial charge in [-0.2, -0.15) is 0 Å². The number of esters is 1. The Morgan fingerprint density at radius 2 is 2.22 bits per heavy atom. The van der Waals surface area contributed by atoms with Gasteiger partial charge in [0.25, 0.3) is 0 Å². The van der Waals surface area contributed by atoms with Crippen molar-refractivity contribution >= 4 is 5.97 Å². The summed E-state index contributed by atoms with van der Waals surface area (Å²) in [5.74, 6) is -0.146. The lowest BCUT2D eigenvalue weighted by atomic mass is 10.3. The van der Waals surface area contributed by atoms with Crippen LogP contribution in [0.15, 0.2) is 0 Å². The minimum absolute atomic E-state index is 0.0115. The van der Waals surface area contributed by atoms with Crippen molar-refractivity contribution in [1.29, 1.82) is 0 Å². The standard InChI is InChI=1S/C7H13O2/c1-4-5-7(8)9-6(2)3/h4,6H,5H2,1-3H3. The first-order chi connectivity index (χ1) is 4.16. The van der Waals surface area contributed by atoms with E-state index < -0.39 is 0 Å². The van der Waals surface area contributed by atoms with Crippen molar-refractivity contribution in [2.24, 2.45) is 0 Å². The average Bonchev–Trinajstić information content (AvgIpc) is 1.63. The van der Waals surface area contributed by atoms with Crippen LogP contribution in [-0.4, -0.2) is 12.1 Å². The molecule has 0 aliphatic rings. The number of hydrogen-bond donors (Lipinski definition) is 0. The highest BCUT2D eigenvalue weighted by Gasteiger charge is 2.01. The van der Waals surface area contributed by atoms with Gasteiger partial charge in [-0.1, -0.05) is 6.92 Å². The Kier molecular flexibility index (Phi) is 4.10. The Morgan fingerprint density at radius 1 is 1.67 bits per heavy atom. The van der Waals surface area contributed by atoms with E-state index >= 15 is 0 Å². The molecular weight excluding hydrogens is 116 g/mol. The molecule has 0 heterocycles. The van der Waals surface area contributed by atoms with E-state index in [4.69, 9.17) is 4.74 Å². The molecule has 53 valence electrons. The van der Waals surface area contributed by atoms with Crippen LogP contribution in [0.4, 0.5) is 0 Å². The third-order valence-electron chi connectivity index (χ3n) is 0.738. The lowest BCUT2D eigenvalue weighted by Crippen LogP contribution is -2.10. The molecule has 0 N–H and O–H groups in total. The molecule has 0 amide bonds. The van der Waals surface area contributed by atoms with Crippen LogP contribution in [0.5, 0.6) is 0 Å². The van der Waals surface area contributed by atoms with Gasteiger partial charge in [-0.05, 0) is 20.3 Å². The Balaban J connectivity index is 3.27. The topological polar surface area (TPSA) is 26.3 Å². The second kappa shape index (κ2) is 4.36. The number of carbonyl (C=O) groups is 1. The van der Waals surface area contributed by atoms with Gasteiger partial charge >= 0.3 is 5.97 Å². The molecule has 0 aliphatic carbocycles. The molecule has 0 spiro atoms. The van der Waals surface area contributed by atoms with Gasteiger partial charge in [0.15, 0.2) is 0 Å². The van der Waals surface area contributed by atoms with Crippen LogP contribution in [-0.2, 0) is 9.53 Å². The molecule has 0 aromatic carbocycles. The second-order valence-electron chi connectivity index (χ2n) is 2.15. The molecule has 2 heteroatoms. The quantitative estimate of drug-likeness (QED) is 0.540. The predicted octanol–water partition coefficient (Wildman–Crippen LogP) is 1.55. The van der Waals surface area contributed by atoms with E-state index in [9.17, 15) is 4.79 Å². The Hall–Kier alpha value is -0.530. The average molecular weight is 129 g/mol. The van der Waals surface area contributed by atoms with Gasteiger partial charge in [-0.15, -0.1) is 0 Å². The molecule has 0 bridgehead atoms. The SMILES string of the molecule is C[CH]CC(=O)OC(C)C. The fourth-order valence-corrected chi connectivity index (χ4v) is 0.478. The fourth-order valence-electron chi connectivity index (χ4n) is 0.478. The van der Waals surface area contributed by atoms with Gasteiger partial charge in [-0.25, -0.2) is 0 Å². The summed E-state index contributed by atoms with van der Waals surface area (Å²) in [6.45, 7) is 5.52. The second-order valence-corrected chi connectivity index (χ2v) is 2.15. The molecular formula is C7H13O2. The number of ether oxygens (including phenoxy) is 1. The van der Waals surface area contributed by atoms with Crippen LogP contribution in [0, 0.1) is 6.42 Å². The third kappa shape index (κ3) is 5.34. The van der Waals surface area contributed by atoms with Crippen molar-refractivity contribution < 1.29 is 9.53 Å². The normalized spacial score (nSPS) is 9.78. The van der Waals surface area contributed by atoms with E-state index in [0.717, 1.165) is 0 Å². The highest BCUT2D eigenvalue weighted by molar-refractivity contribution is 5.70. The Morgan fingerprint density at radius 3 is 2.56 bits per heavy atom. The van der Waals surface area contributed by atoms with Crippen LogP contribution < -0.4 is 0 Å². The van der Waals surface area contributed by atoms with E-state index in [1.54, 1.807) is 6.42 Å². The number of carbonyl (C=O) groups excluding carboxylic acids is 1. The highest BCUT2D eigenvalue weighted by Crippen LogP contribution is 1.94. The van der Waals surface area contributed by atoms with Gasteiger partial charge in [-0.3, -0.25) is 4.79 Å². The predicted molar refractivity (Wildman–Crippen MR) is 35.8 cm³/mol. The summed E-state index contributed by atoms with van der Waals surface area (Å²) in [5, 5.41) is 0. The van der Waals surface area contributed by atoms with Crippen molar-refractivity contribution in [3.05, 3.63) is 6.42 Å². The summed E-state index contributed by atoms with van der Waals surface area (Å²) in [7, 11) is 0. The van der Waals surface area contributed by atoms with E-state index in [0.29, 0.717) is 6.42 Å². The van der Waals surface area contributed by atoms with Crippen LogP contribution in [0.3, 0.4) is 0 Å². The largest absolute Gasteiger partial charge is 0.463 e. The minimum Gasteiger partial charge on any atom is -0.463 e. The van der Waals surface area contributed by atoms with Crippen molar-refractivity contribution in [1.82, 2.24) is 0 Å². The van der Waals surface area contributed by atoms with E-state index in [1.807, 2.05) is 20.8 Å². The summed E-state index contributed by atoms with van der Waals surface area (Å²) in [6, 6.07) is 0. The van der Waals surface area contributed by atoms with Crippen LogP contribution in [0.25, 0.3) is 0 Å². The van der Waals surface area contributed by atoms with Crippen molar-refractivity contribution in [3.63, 3.8) is 0 Å². The zero-order chi connectivity index (χ0) is 7.28. The molecule has 0 rings (SSSR count). The van der Waals surface area contributed by atoms with Gasteiger partial charge in [0, 0.05) is 6.42 Å². The fraction of sp³-hybridized carbons (Fsp3) is 0.714. The monoisotopic (exact) mass is 129 g/mol. The van der Waals surface area contributed by atoms with Crippen molar-refractivity contribution in [2.75, 3.05) is 0 Å². The summed E-state index contributed by atoms with van der Waals surface area (Å²) >= 11 is 0. The lowest BCUT2D eigenvalue weighted by Gasteiger charge is -2.05. The van der Waals surface area contributed by atoms with Gasteiger partial charge < -0.3 is 4.74 Å². The summed E-state index contributed by atoms with van der Waals surface area (Å²) < 4.78 is 4.82. The van der Waals surface area contributed by atoms with Crippen LogP contribution >= 0.6 is 0 Å². The van der Waals surface area contributed by atoms with E-state index in [2.05, 4.69) is 0 Å². The molecule has 0 unspecified atom stereocenters. The first kappa shape index (κ1) is 8.47. The molecule has 0 atom stereocenters. The summed E-state index contributed by atoms with van der Waals surface area (Å²) in [5.41, 5.74) is 0. The van der Waals surface area contributed by atoms with Gasteiger partial charge in [0.2, 0.25) is 0 Å². The van der Waals surface area contributed by atoms with Gasteiger partial charge in [0.05, 0.1) is 6.10 Å². The maximum atomic E-state index is 10.6. The third-order valence-corrected chi connectivity index (χ3v) is 0.738. The first-order valence-corrected chi connectivity index (χ1v) is 3.14. The van der Waals surface area contributed by atoms with E-state index in [-0.39, 0.29) is 12.1 Å². The van der Waals surface area contributed by atoms with Crippen molar-refractivity contribution in [3.8, 4) is 0 Å². The smallest absolute Gasteiger partial charge is 0.306 e. The highest BCUT2D eigenvalue weighted by atomic mass is 16.5. The molecule has 1 radical (unpaired) electrons. The van der Waals surface area contributed by atoms with Crippen LogP contribution in [0.1, 0.15) is 27.2 Å².